The lowest BCUT2D eigenvalue weighted by Gasteiger charge is -2.07. The third-order valence-electron chi connectivity index (χ3n) is 4.54. The number of hydrogen-bond acceptors (Lipinski definition) is 6. The van der Waals surface area contributed by atoms with Gasteiger partial charge in [-0.15, -0.1) is 0 Å². The van der Waals surface area contributed by atoms with Crippen LogP contribution in [0.5, 0.6) is 0 Å². The summed E-state index contributed by atoms with van der Waals surface area (Å²) < 4.78 is 0.725. The van der Waals surface area contributed by atoms with Gasteiger partial charge in [0.1, 0.15) is 11.6 Å². The first kappa shape index (κ1) is 19.0. The summed E-state index contributed by atoms with van der Waals surface area (Å²) in [4.78, 5) is 8.88. The van der Waals surface area contributed by atoms with E-state index in [1.54, 1.807) is 6.20 Å². The summed E-state index contributed by atoms with van der Waals surface area (Å²) in [5.41, 5.74) is 3.74. The Bertz CT molecular complexity index is 1300. The number of aromatic amines is 2. The zero-order valence-electron chi connectivity index (χ0n) is 16.2. The lowest BCUT2D eigenvalue weighted by Crippen LogP contribution is -2.02. The van der Waals surface area contributed by atoms with Crippen LogP contribution >= 0.6 is 15.9 Å². The van der Waals surface area contributed by atoms with Crippen molar-refractivity contribution in [3.63, 3.8) is 0 Å². The maximum absolute atomic E-state index is 4.55. The highest BCUT2D eigenvalue weighted by Crippen LogP contribution is 2.27. The highest BCUT2D eigenvalue weighted by atomic mass is 79.9. The summed E-state index contributed by atoms with van der Waals surface area (Å²) in [6.45, 7) is 0. The molecule has 0 fully saturated rings. The van der Waals surface area contributed by atoms with Crippen LogP contribution in [0.1, 0.15) is 0 Å². The average molecular weight is 473 g/mol. The van der Waals surface area contributed by atoms with Crippen LogP contribution in [0.15, 0.2) is 83.5 Å². The van der Waals surface area contributed by atoms with E-state index in [-0.39, 0.29) is 0 Å². The quantitative estimate of drug-likeness (QED) is 0.259. The minimum atomic E-state index is 0.428. The van der Waals surface area contributed by atoms with Crippen molar-refractivity contribution >= 4 is 39.3 Å². The minimum Gasteiger partial charge on any atom is -0.324 e. The van der Waals surface area contributed by atoms with E-state index in [2.05, 4.69) is 56.9 Å². The number of nitrogens with zero attached hydrogens (tertiary/aromatic N) is 4. The Labute approximate surface area is 186 Å². The van der Waals surface area contributed by atoms with E-state index < -0.39 is 0 Å². The number of benzene rings is 2. The van der Waals surface area contributed by atoms with Crippen LogP contribution in [0.2, 0.25) is 0 Å². The van der Waals surface area contributed by atoms with Gasteiger partial charge in [-0.05, 0) is 15.9 Å². The summed E-state index contributed by atoms with van der Waals surface area (Å²) >= 11 is 3.49. The molecule has 0 unspecified atom stereocenters. The van der Waals surface area contributed by atoms with Crippen LogP contribution in [0.25, 0.3) is 22.5 Å². The minimum absolute atomic E-state index is 0.428. The molecule has 31 heavy (non-hydrogen) atoms. The first-order chi connectivity index (χ1) is 15.2. The molecule has 0 aliphatic heterocycles. The lowest BCUT2D eigenvalue weighted by atomic mass is 10.2. The zero-order chi connectivity index (χ0) is 21.0. The van der Waals surface area contributed by atoms with Gasteiger partial charge >= 0.3 is 0 Å². The van der Waals surface area contributed by atoms with Crippen molar-refractivity contribution in [3.8, 4) is 22.5 Å². The Kier molecular flexibility index (Phi) is 5.16. The van der Waals surface area contributed by atoms with Crippen molar-refractivity contribution < 1.29 is 0 Å². The fourth-order valence-corrected chi connectivity index (χ4v) is 3.34. The number of halogens is 1. The molecule has 5 rings (SSSR count). The van der Waals surface area contributed by atoms with E-state index in [1.165, 1.54) is 0 Å². The molecular weight excluding hydrogens is 456 g/mol. The first-order valence-electron chi connectivity index (χ1n) is 9.53. The Hall–Kier alpha value is -3.98. The molecule has 0 saturated heterocycles. The molecular formula is C22H17BrN8. The van der Waals surface area contributed by atoms with Crippen molar-refractivity contribution in [1.82, 2.24) is 30.4 Å². The Morgan fingerprint density at radius 2 is 1.26 bits per heavy atom. The number of anilines is 4. The van der Waals surface area contributed by atoms with Gasteiger partial charge in [0.25, 0.3) is 0 Å². The van der Waals surface area contributed by atoms with Gasteiger partial charge in [-0.25, -0.2) is 4.98 Å². The summed E-state index contributed by atoms with van der Waals surface area (Å²) in [6, 6.07) is 23.7. The highest BCUT2D eigenvalue weighted by Gasteiger charge is 2.10. The number of H-pyrrole nitrogens is 2. The van der Waals surface area contributed by atoms with Gasteiger partial charge in [0.15, 0.2) is 5.82 Å². The molecule has 0 atom stereocenters. The average Bonchev–Trinajstić information content (AvgIpc) is 3.47. The summed E-state index contributed by atoms with van der Waals surface area (Å²) in [6.07, 6.45) is 1.68. The summed E-state index contributed by atoms with van der Waals surface area (Å²) in [7, 11) is 0. The predicted octanol–water partition coefficient (Wildman–Crippen LogP) is 5.51. The predicted molar refractivity (Wildman–Crippen MR) is 124 cm³/mol. The largest absolute Gasteiger partial charge is 0.324 e. The molecule has 0 radical (unpaired) electrons. The van der Waals surface area contributed by atoms with Crippen molar-refractivity contribution in [2.75, 3.05) is 10.6 Å². The number of hydrogen-bond donors (Lipinski definition) is 4. The highest BCUT2D eigenvalue weighted by molar-refractivity contribution is 9.10. The fraction of sp³-hybridized carbons (Fsp3) is 0. The van der Waals surface area contributed by atoms with Crippen LogP contribution in [0.4, 0.5) is 23.4 Å². The molecule has 0 amide bonds. The van der Waals surface area contributed by atoms with Gasteiger partial charge in [0, 0.05) is 29.5 Å². The first-order valence-corrected chi connectivity index (χ1v) is 10.3. The SMILES string of the molecule is Brc1cnc(Nc2cc(-c3ccccc3)n[nH]2)nc1Nc1cc(-c2ccccc2)n[nH]1. The zero-order valence-corrected chi connectivity index (χ0v) is 17.8. The normalized spacial score (nSPS) is 10.7. The van der Waals surface area contributed by atoms with Crippen molar-refractivity contribution in [2.24, 2.45) is 0 Å². The maximum Gasteiger partial charge on any atom is 0.230 e. The maximum atomic E-state index is 4.55. The van der Waals surface area contributed by atoms with E-state index in [0.29, 0.717) is 17.6 Å². The molecule has 152 valence electrons. The van der Waals surface area contributed by atoms with Gasteiger partial charge < -0.3 is 10.6 Å². The topological polar surface area (TPSA) is 107 Å². The fourth-order valence-electron chi connectivity index (χ4n) is 3.05. The molecule has 3 aromatic heterocycles. The van der Waals surface area contributed by atoms with E-state index in [1.807, 2.05) is 72.8 Å². The van der Waals surface area contributed by atoms with Crippen LogP contribution in [-0.2, 0) is 0 Å². The number of rotatable bonds is 6. The van der Waals surface area contributed by atoms with Crippen molar-refractivity contribution in [1.29, 1.82) is 0 Å². The van der Waals surface area contributed by atoms with Gasteiger partial charge in [-0.3, -0.25) is 10.2 Å². The second-order valence-corrected chi connectivity index (χ2v) is 7.56. The Morgan fingerprint density at radius 3 is 1.84 bits per heavy atom. The number of nitrogens with one attached hydrogen (secondary N) is 4. The summed E-state index contributed by atoms with van der Waals surface area (Å²) in [5, 5.41) is 21.0. The van der Waals surface area contributed by atoms with E-state index in [4.69, 9.17) is 0 Å². The van der Waals surface area contributed by atoms with Gasteiger partial charge in [-0.1, -0.05) is 60.7 Å². The second-order valence-electron chi connectivity index (χ2n) is 6.71. The van der Waals surface area contributed by atoms with Crippen LogP contribution in [0.3, 0.4) is 0 Å². The van der Waals surface area contributed by atoms with Crippen molar-refractivity contribution in [3.05, 3.63) is 83.5 Å². The molecule has 2 aromatic carbocycles. The molecule has 4 N–H and O–H groups in total. The van der Waals surface area contributed by atoms with E-state index in [9.17, 15) is 0 Å². The van der Waals surface area contributed by atoms with Crippen LogP contribution < -0.4 is 10.6 Å². The smallest absolute Gasteiger partial charge is 0.230 e. The lowest BCUT2D eigenvalue weighted by molar-refractivity contribution is 1.07. The van der Waals surface area contributed by atoms with Crippen LogP contribution in [-0.4, -0.2) is 30.4 Å². The molecule has 0 aliphatic rings. The number of aromatic nitrogens is 6. The molecule has 8 nitrogen and oxygen atoms in total. The van der Waals surface area contributed by atoms with E-state index in [0.717, 1.165) is 32.8 Å². The Balaban J connectivity index is 1.33. The summed E-state index contributed by atoms with van der Waals surface area (Å²) in [5.74, 6) is 2.44. The molecule has 3 heterocycles. The Morgan fingerprint density at radius 1 is 0.710 bits per heavy atom. The third kappa shape index (κ3) is 4.31. The molecule has 0 bridgehead atoms. The molecule has 0 saturated carbocycles. The monoisotopic (exact) mass is 472 g/mol. The second kappa shape index (κ2) is 8.41. The van der Waals surface area contributed by atoms with Gasteiger partial charge in [-0.2, -0.15) is 15.2 Å². The van der Waals surface area contributed by atoms with Crippen LogP contribution in [0, 0.1) is 0 Å². The third-order valence-corrected chi connectivity index (χ3v) is 5.12. The standard InChI is InChI=1S/C22H17BrN8/c23-16-13-24-22(26-20-12-18(29-31-20)15-9-5-2-6-10-15)27-21(16)25-19-11-17(28-30-19)14-7-3-1-4-8-14/h1-13H,(H4,24,25,26,27,28,29,30,31). The molecule has 9 heteroatoms. The van der Waals surface area contributed by atoms with Gasteiger partial charge in [0.05, 0.1) is 15.9 Å². The molecule has 0 spiro atoms. The van der Waals surface area contributed by atoms with E-state index >= 15 is 0 Å². The van der Waals surface area contributed by atoms with Gasteiger partial charge in [0.2, 0.25) is 5.95 Å². The van der Waals surface area contributed by atoms with Crippen molar-refractivity contribution in [2.45, 2.75) is 0 Å². The molecule has 0 aliphatic carbocycles. The molecule has 5 aromatic rings.